The Bertz CT molecular complexity index is 785. The number of carbonyl (C=O) groups excluding carboxylic acids is 1. The van der Waals surface area contributed by atoms with E-state index in [9.17, 15) is 9.59 Å². The molecule has 1 N–H and O–H groups in total. The summed E-state index contributed by atoms with van der Waals surface area (Å²) < 4.78 is 6.84. The van der Waals surface area contributed by atoms with E-state index in [2.05, 4.69) is 10.1 Å². The summed E-state index contributed by atoms with van der Waals surface area (Å²) in [5, 5.41) is 13.0. The molecule has 2 aromatic heterocycles. The zero-order valence-electron chi connectivity index (χ0n) is 13.1. The Labute approximate surface area is 133 Å². The van der Waals surface area contributed by atoms with Gasteiger partial charge in [-0.3, -0.25) is 14.3 Å². The van der Waals surface area contributed by atoms with Crippen molar-refractivity contribution in [3.8, 4) is 6.07 Å². The van der Waals surface area contributed by atoms with Crippen LogP contribution >= 0.6 is 0 Å². The van der Waals surface area contributed by atoms with Crippen LogP contribution in [0, 0.1) is 25.2 Å². The fraction of sp³-hybridized carbons (Fsp3) is 0.375. The Morgan fingerprint density at radius 2 is 2.26 bits per heavy atom. The van der Waals surface area contributed by atoms with Crippen LogP contribution in [0.5, 0.6) is 0 Å². The van der Waals surface area contributed by atoms with Crippen LogP contribution in [-0.4, -0.2) is 27.3 Å². The van der Waals surface area contributed by atoms with E-state index in [-0.39, 0.29) is 24.6 Å². The van der Waals surface area contributed by atoms with Gasteiger partial charge in [-0.25, -0.2) is 0 Å². The predicted molar refractivity (Wildman–Crippen MR) is 82.8 cm³/mol. The second-order valence-electron chi connectivity index (χ2n) is 5.16. The van der Waals surface area contributed by atoms with Gasteiger partial charge in [0.15, 0.2) is 0 Å². The maximum atomic E-state index is 11.8. The van der Waals surface area contributed by atoms with E-state index in [1.807, 2.05) is 6.07 Å². The summed E-state index contributed by atoms with van der Waals surface area (Å²) in [5.74, 6) is -0.319. The molecule has 0 saturated heterocycles. The maximum Gasteiger partial charge on any atom is 0.306 e. The van der Waals surface area contributed by atoms with E-state index in [1.165, 1.54) is 0 Å². The zero-order valence-corrected chi connectivity index (χ0v) is 13.1. The topological polar surface area (TPSA) is 101 Å². The number of carbonyl (C=O) groups is 1. The average Bonchev–Trinajstić information content (AvgIpc) is 3.00. The number of ether oxygens (including phenoxy) is 1. The highest BCUT2D eigenvalue weighted by atomic mass is 16.5. The molecule has 7 nitrogen and oxygen atoms in total. The number of pyridine rings is 1. The highest BCUT2D eigenvalue weighted by molar-refractivity contribution is 5.69. The molecule has 0 spiro atoms. The first kappa shape index (κ1) is 16.5. The minimum atomic E-state index is -0.395. The molecule has 0 aliphatic carbocycles. The van der Waals surface area contributed by atoms with Crippen molar-refractivity contribution in [1.82, 2.24) is 14.8 Å². The van der Waals surface area contributed by atoms with Gasteiger partial charge in [0, 0.05) is 24.5 Å². The number of nitrogens with zero attached hydrogens (tertiary/aromatic N) is 3. The Hall–Kier alpha value is -2.88. The van der Waals surface area contributed by atoms with Crippen molar-refractivity contribution in [2.75, 3.05) is 6.61 Å². The van der Waals surface area contributed by atoms with Gasteiger partial charge in [-0.2, -0.15) is 10.4 Å². The van der Waals surface area contributed by atoms with Gasteiger partial charge < -0.3 is 9.72 Å². The third-order valence-corrected chi connectivity index (χ3v) is 3.64. The van der Waals surface area contributed by atoms with Gasteiger partial charge in [-0.1, -0.05) is 0 Å². The molecule has 0 unspecified atom stereocenters. The van der Waals surface area contributed by atoms with Crippen molar-refractivity contribution in [2.45, 2.75) is 33.2 Å². The van der Waals surface area contributed by atoms with E-state index in [1.54, 1.807) is 37.0 Å². The third-order valence-electron chi connectivity index (χ3n) is 3.64. The standard InChI is InChI=1S/C16H18N4O3/c1-11-13(12(2)19-16(22)14(11)10-17)4-5-15(21)23-9-8-20-7-3-6-18-20/h3,6-7H,4-5,8-9H2,1-2H3,(H,19,22). The molecule has 0 fully saturated rings. The van der Waals surface area contributed by atoms with E-state index < -0.39 is 5.56 Å². The Morgan fingerprint density at radius 3 is 2.91 bits per heavy atom. The number of hydrogen-bond donors (Lipinski definition) is 1. The number of nitrogens with one attached hydrogen (secondary N) is 1. The van der Waals surface area contributed by atoms with E-state index in [0.29, 0.717) is 24.2 Å². The van der Waals surface area contributed by atoms with Crippen LogP contribution in [0.2, 0.25) is 0 Å². The molecular formula is C16H18N4O3. The number of hydrogen-bond acceptors (Lipinski definition) is 5. The lowest BCUT2D eigenvalue weighted by atomic mass is 9.99. The first-order valence-corrected chi connectivity index (χ1v) is 7.28. The lowest BCUT2D eigenvalue weighted by molar-refractivity contribution is -0.143. The second-order valence-corrected chi connectivity index (χ2v) is 5.16. The fourth-order valence-corrected chi connectivity index (χ4v) is 2.41. The minimum absolute atomic E-state index is 0.0950. The fourth-order valence-electron chi connectivity index (χ4n) is 2.41. The SMILES string of the molecule is Cc1[nH]c(=O)c(C#N)c(C)c1CCC(=O)OCCn1cccn1. The van der Waals surface area contributed by atoms with E-state index >= 15 is 0 Å². The van der Waals surface area contributed by atoms with Crippen LogP contribution in [-0.2, 0) is 22.5 Å². The molecule has 0 saturated carbocycles. The number of rotatable bonds is 6. The molecule has 120 valence electrons. The van der Waals surface area contributed by atoms with E-state index in [0.717, 1.165) is 5.56 Å². The first-order chi connectivity index (χ1) is 11.0. The molecule has 2 aromatic rings. The Kier molecular flexibility index (Phi) is 5.31. The molecule has 0 aromatic carbocycles. The molecule has 0 aliphatic rings. The lowest BCUT2D eigenvalue weighted by Crippen LogP contribution is -2.18. The molecule has 0 aliphatic heterocycles. The normalized spacial score (nSPS) is 10.3. The van der Waals surface area contributed by atoms with Crippen LogP contribution < -0.4 is 5.56 Å². The third kappa shape index (κ3) is 4.07. The van der Waals surface area contributed by atoms with Crippen LogP contribution in [0.1, 0.15) is 28.8 Å². The van der Waals surface area contributed by atoms with Crippen molar-refractivity contribution in [3.05, 3.63) is 51.2 Å². The highest BCUT2D eigenvalue weighted by Gasteiger charge is 2.13. The first-order valence-electron chi connectivity index (χ1n) is 7.28. The number of nitriles is 1. The summed E-state index contributed by atoms with van der Waals surface area (Å²) in [6.07, 6.45) is 4.07. The molecule has 23 heavy (non-hydrogen) atoms. The van der Waals surface area contributed by atoms with Gasteiger partial charge in [-0.05, 0) is 37.5 Å². The summed E-state index contributed by atoms with van der Waals surface area (Å²) in [5.41, 5.74) is 1.81. The molecule has 7 heteroatoms. The summed E-state index contributed by atoms with van der Waals surface area (Å²) >= 11 is 0. The van der Waals surface area contributed by atoms with Gasteiger partial charge in [0.2, 0.25) is 0 Å². The molecular weight excluding hydrogens is 296 g/mol. The summed E-state index contributed by atoms with van der Waals surface area (Å²) in [6.45, 7) is 4.24. The predicted octanol–water partition coefficient (Wildman–Crippen LogP) is 1.24. The monoisotopic (exact) mass is 314 g/mol. The van der Waals surface area contributed by atoms with Crippen molar-refractivity contribution in [1.29, 1.82) is 5.26 Å². The quantitative estimate of drug-likeness (QED) is 0.808. The van der Waals surface area contributed by atoms with Gasteiger partial charge in [0.05, 0.1) is 6.54 Å². The maximum absolute atomic E-state index is 11.8. The largest absolute Gasteiger partial charge is 0.464 e. The highest BCUT2D eigenvalue weighted by Crippen LogP contribution is 2.15. The van der Waals surface area contributed by atoms with Crippen molar-refractivity contribution >= 4 is 5.97 Å². The molecule has 0 bridgehead atoms. The number of esters is 1. The van der Waals surface area contributed by atoms with Gasteiger partial charge in [0.1, 0.15) is 18.2 Å². The van der Waals surface area contributed by atoms with Crippen molar-refractivity contribution in [3.63, 3.8) is 0 Å². The summed E-state index contributed by atoms with van der Waals surface area (Å²) in [7, 11) is 0. The van der Waals surface area contributed by atoms with Gasteiger partial charge in [-0.15, -0.1) is 0 Å². The molecule has 0 radical (unpaired) electrons. The number of aromatic nitrogens is 3. The Morgan fingerprint density at radius 1 is 1.48 bits per heavy atom. The molecule has 2 rings (SSSR count). The number of H-pyrrole nitrogens is 1. The zero-order chi connectivity index (χ0) is 16.8. The second kappa shape index (κ2) is 7.40. The number of aromatic amines is 1. The minimum Gasteiger partial charge on any atom is -0.464 e. The average molecular weight is 314 g/mol. The van der Waals surface area contributed by atoms with Crippen LogP contribution in [0.3, 0.4) is 0 Å². The van der Waals surface area contributed by atoms with Crippen LogP contribution in [0.15, 0.2) is 23.3 Å². The van der Waals surface area contributed by atoms with Crippen LogP contribution in [0.4, 0.5) is 0 Å². The molecule has 0 atom stereocenters. The molecule has 0 amide bonds. The van der Waals surface area contributed by atoms with Crippen molar-refractivity contribution in [2.24, 2.45) is 0 Å². The summed E-state index contributed by atoms with van der Waals surface area (Å²) in [6, 6.07) is 3.70. The van der Waals surface area contributed by atoms with Gasteiger partial charge >= 0.3 is 5.97 Å². The van der Waals surface area contributed by atoms with E-state index in [4.69, 9.17) is 10.00 Å². The lowest BCUT2D eigenvalue weighted by Gasteiger charge is -2.10. The van der Waals surface area contributed by atoms with Gasteiger partial charge in [0.25, 0.3) is 5.56 Å². The van der Waals surface area contributed by atoms with Crippen molar-refractivity contribution < 1.29 is 9.53 Å². The molecule has 2 heterocycles. The van der Waals surface area contributed by atoms with Crippen LogP contribution in [0.25, 0.3) is 0 Å². The Balaban J connectivity index is 1.92. The number of aryl methyl sites for hydroxylation is 1. The summed E-state index contributed by atoms with van der Waals surface area (Å²) in [4.78, 5) is 26.1. The smallest absolute Gasteiger partial charge is 0.306 e.